The van der Waals surface area contributed by atoms with Crippen molar-refractivity contribution >= 4 is 43.4 Å². The fourth-order valence-electron chi connectivity index (χ4n) is 3.31. The number of rotatable bonds is 11. The molecule has 2 N–H and O–H groups in total. The number of carbonyl (C=O) groups is 2. The number of hydrogen-bond acceptors (Lipinski definition) is 5. The molecule has 1 unspecified atom stereocenters. The molecule has 0 saturated heterocycles. The Kier molecular flexibility index (Phi) is 8.24. The summed E-state index contributed by atoms with van der Waals surface area (Å²) in [6.07, 6.45) is 0.487. The maximum Gasteiger partial charge on any atom is 0.211 e. The number of anilines is 2. The lowest BCUT2D eigenvalue weighted by molar-refractivity contribution is -0.106. The standard InChI is InChI=1S/C26H32FN3O4Si/c1-26(2,3)35(4,5)34-21(14-27)15-33-25-13-19(7-10-24(25)29-17-32)22-9-6-18-12-20(28-16-31)8-11-23(18)30-22/h6-13,16-17,21H,14-15H2,1-5H3,(H,28,31)(H,29,32). The van der Waals surface area contributed by atoms with Crippen molar-refractivity contribution in [3.63, 3.8) is 0 Å². The minimum Gasteiger partial charge on any atom is -0.489 e. The number of pyridine rings is 1. The molecule has 0 radical (unpaired) electrons. The molecule has 7 nitrogen and oxygen atoms in total. The van der Waals surface area contributed by atoms with Crippen LogP contribution in [0.1, 0.15) is 20.8 Å². The number of amides is 2. The topological polar surface area (TPSA) is 89.6 Å². The number of nitrogens with one attached hydrogen (secondary N) is 2. The lowest BCUT2D eigenvalue weighted by Gasteiger charge is -2.38. The highest BCUT2D eigenvalue weighted by Crippen LogP contribution is 2.38. The lowest BCUT2D eigenvalue weighted by Crippen LogP contribution is -2.46. The highest BCUT2D eigenvalue weighted by molar-refractivity contribution is 6.74. The molecule has 0 saturated carbocycles. The summed E-state index contributed by atoms with van der Waals surface area (Å²) in [5, 5.41) is 6.08. The molecule has 2 aromatic carbocycles. The van der Waals surface area contributed by atoms with Crippen LogP contribution in [-0.4, -0.2) is 45.5 Å². The zero-order valence-electron chi connectivity index (χ0n) is 20.7. The second kappa shape index (κ2) is 11.0. The Morgan fingerprint density at radius 2 is 1.77 bits per heavy atom. The van der Waals surface area contributed by atoms with Crippen LogP contribution in [0, 0.1) is 0 Å². The van der Waals surface area contributed by atoms with Gasteiger partial charge in [0.05, 0.1) is 16.9 Å². The average molecular weight is 498 g/mol. The molecule has 0 aliphatic rings. The highest BCUT2D eigenvalue weighted by atomic mass is 28.4. The lowest BCUT2D eigenvalue weighted by atomic mass is 10.1. The van der Waals surface area contributed by atoms with Crippen LogP contribution in [0.2, 0.25) is 18.1 Å². The van der Waals surface area contributed by atoms with Gasteiger partial charge < -0.3 is 19.8 Å². The van der Waals surface area contributed by atoms with Crippen LogP contribution >= 0.6 is 0 Å². The number of carbonyl (C=O) groups excluding carboxylic acids is 2. The normalized spacial score (nSPS) is 12.7. The first-order valence-corrected chi connectivity index (χ1v) is 14.3. The van der Waals surface area contributed by atoms with Gasteiger partial charge >= 0.3 is 0 Å². The first-order chi connectivity index (χ1) is 16.6. The van der Waals surface area contributed by atoms with E-state index >= 15 is 0 Å². The molecule has 0 aliphatic heterocycles. The van der Waals surface area contributed by atoms with E-state index < -0.39 is 21.1 Å². The van der Waals surface area contributed by atoms with E-state index in [1.54, 1.807) is 18.2 Å². The largest absolute Gasteiger partial charge is 0.489 e. The number of ether oxygens (including phenoxy) is 1. The van der Waals surface area contributed by atoms with Gasteiger partial charge in [-0.15, -0.1) is 0 Å². The fourth-order valence-corrected chi connectivity index (χ4v) is 4.63. The van der Waals surface area contributed by atoms with Gasteiger partial charge in [0.25, 0.3) is 0 Å². The van der Waals surface area contributed by atoms with Crippen molar-refractivity contribution in [1.82, 2.24) is 4.98 Å². The van der Waals surface area contributed by atoms with Crippen molar-refractivity contribution in [2.24, 2.45) is 0 Å². The molecular weight excluding hydrogens is 465 g/mol. The number of alkyl halides is 1. The quantitative estimate of drug-likeness (QED) is 0.259. The summed E-state index contributed by atoms with van der Waals surface area (Å²) in [6.45, 7) is 9.77. The van der Waals surface area contributed by atoms with Crippen LogP contribution in [0.15, 0.2) is 48.5 Å². The summed E-state index contributed by atoms with van der Waals surface area (Å²) in [6, 6.07) is 14.5. The van der Waals surface area contributed by atoms with E-state index in [1.807, 2.05) is 30.3 Å². The Bertz CT molecular complexity index is 1200. The molecule has 1 aromatic heterocycles. The van der Waals surface area contributed by atoms with Gasteiger partial charge in [0.1, 0.15) is 25.1 Å². The molecule has 0 spiro atoms. The third kappa shape index (κ3) is 6.43. The van der Waals surface area contributed by atoms with Gasteiger partial charge in [-0.1, -0.05) is 32.9 Å². The Hall–Kier alpha value is -3.30. The van der Waals surface area contributed by atoms with Gasteiger partial charge in [0.15, 0.2) is 8.32 Å². The van der Waals surface area contributed by atoms with Crippen LogP contribution in [0.4, 0.5) is 15.8 Å². The summed E-state index contributed by atoms with van der Waals surface area (Å²) >= 11 is 0. The summed E-state index contributed by atoms with van der Waals surface area (Å²) in [4.78, 5) is 26.5. The Morgan fingerprint density at radius 1 is 1.03 bits per heavy atom. The molecule has 0 bridgehead atoms. The minimum absolute atomic E-state index is 0.0116. The molecule has 3 rings (SSSR count). The summed E-state index contributed by atoms with van der Waals surface area (Å²) < 4.78 is 25.9. The highest BCUT2D eigenvalue weighted by Gasteiger charge is 2.39. The van der Waals surface area contributed by atoms with E-state index in [0.717, 1.165) is 16.5 Å². The average Bonchev–Trinajstić information content (AvgIpc) is 2.81. The van der Waals surface area contributed by atoms with Crippen LogP contribution in [-0.2, 0) is 14.0 Å². The number of nitrogens with zero attached hydrogens (tertiary/aromatic N) is 1. The van der Waals surface area contributed by atoms with E-state index in [4.69, 9.17) is 14.1 Å². The Balaban J connectivity index is 1.86. The van der Waals surface area contributed by atoms with Gasteiger partial charge in [-0.3, -0.25) is 9.59 Å². The SMILES string of the molecule is CC(C)(C)[Si](C)(C)OC(CF)COc1cc(-c2ccc3cc(NC=O)ccc3n2)ccc1NC=O. The molecule has 0 aliphatic carbocycles. The van der Waals surface area contributed by atoms with Gasteiger partial charge in [-0.05, 0) is 54.5 Å². The first kappa shape index (κ1) is 26.3. The zero-order valence-corrected chi connectivity index (χ0v) is 21.7. The van der Waals surface area contributed by atoms with E-state index in [9.17, 15) is 14.0 Å². The molecule has 0 fully saturated rings. The molecule has 2 amide bonds. The van der Waals surface area contributed by atoms with Crippen LogP contribution in [0.5, 0.6) is 5.75 Å². The Labute approximate surface area is 206 Å². The maximum atomic E-state index is 13.8. The van der Waals surface area contributed by atoms with E-state index in [2.05, 4.69) is 44.5 Å². The van der Waals surface area contributed by atoms with E-state index in [0.29, 0.717) is 35.6 Å². The van der Waals surface area contributed by atoms with Crippen molar-refractivity contribution in [1.29, 1.82) is 0 Å². The molecule has 186 valence electrons. The molecule has 1 heterocycles. The fraction of sp³-hybridized carbons (Fsp3) is 0.346. The molecule has 3 aromatic rings. The van der Waals surface area contributed by atoms with Crippen molar-refractivity contribution in [2.45, 2.75) is 45.0 Å². The summed E-state index contributed by atoms with van der Waals surface area (Å²) in [7, 11) is -2.18. The Morgan fingerprint density at radius 3 is 2.43 bits per heavy atom. The minimum atomic E-state index is -2.18. The van der Waals surface area contributed by atoms with Crippen LogP contribution in [0.25, 0.3) is 22.2 Å². The summed E-state index contributed by atoms with van der Waals surface area (Å²) in [5.41, 5.74) is 3.39. The third-order valence-electron chi connectivity index (χ3n) is 6.27. The monoisotopic (exact) mass is 497 g/mol. The maximum absolute atomic E-state index is 13.8. The predicted octanol–water partition coefficient (Wildman–Crippen LogP) is 5.78. The van der Waals surface area contributed by atoms with Gasteiger partial charge in [0, 0.05) is 16.6 Å². The van der Waals surface area contributed by atoms with Crippen molar-refractivity contribution in [2.75, 3.05) is 23.9 Å². The molecule has 1 atom stereocenters. The number of benzene rings is 2. The van der Waals surface area contributed by atoms with Gasteiger partial charge in [-0.2, -0.15) is 0 Å². The molecule has 35 heavy (non-hydrogen) atoms. The number of halogens is 1. The van der Waals surface area contributed by atoms with Gasteiger partial charge in [-0.25, -0.2) is 9.37 Å². The number of aromatic nitrogens is 1. The number of hydrogen-bond donors (Lipinski definition) is 2. The number of fused-ring (bicyclic) bond motifs is 1. The molecular formula is C26H32FN3O4Si. The zero-order chi connectivity index (χ0) is 25.6. The third-order valence-corrected chi connectivity index (χ3v) is 10.8. The van der Waals surface area contributed by atoms with Crippen molar-refractivity contribution < 1.29 is 23.1 Å². The van der Waals surface area contributed by atoms with E-state index in [1.165, 1.54) is 0 Å². The van der Waals surface area contributed by atoms with Crippen LogP contribution in [0.3, 0.4) is 0 Å². The van der Waals surface area contributed by atoms with Crippen molar-refractivity contribution in [3.8, 4) is 17.0 Å². The van der Waals surface area contributed by atoms with Gasteiger partial charge in [0.2, 0.25) is 12.8 Å². The first-order valence-electron chi connectivity index (χ1n) is 11.4. The second-order valence-electron chi connectivity index (χ2n) is 9.80. The molecule has 9 heteroatoms. The smallest absolute Gasteiger partial charge is 0.211 e. The summed E-state index contributed by atoms with van der Waals surface area (Å²) in [5.74, 6) is 0.402. The van der Waals surface area contributed by atoms with Crippen molar-refractivity contribution in [3.05, 3.63) is 48.5 Å². The second-order valence-corrected chi connectivity index (χ2v) is 14.6. The van der Waals surface area contributed by atoms with Crippen LogP contribution < -0.4 is 15.4 Å². The predicted molar refractivity (Wildman–Crippen MR) is 140 cm³/mol. The van der Waals surface area contributed by atoms with E-state index in [-0.39, 0.29) is 11.6 Å².